The first-order valence-electron chi connectivity index (χ1n) is 4.48. The highest BCUT2D eigenvalue weighted by molar-refractivity contribution is 5.39. The Balaban J connectivity index is 2.16. The summed E-state index contributed by atoms with van der Waals surface area (Å²) in [7, 11) is 0. The molecule has 0 spiro atoms. The third-order valence-electron chi connectivity index (χ3n) is 2.40. The molecule has 1 aromatic rings. The van der Waals surface area contributed by atoms with E-state index in [0.29, 0.717) is 0 Å². The zero-order valence-corrected chi connectivity index (χ0v) is 7.35. The van der Waals surface area contributed by atoms with Gasteiger partial charge in [-0.05, 0) is 18.9 Å². The van der Waals surface area contributed by atoms with E-state index in [2.05, 4.69) is 21.2 Å². The lowest BCUT2D eigenvalue weighted by Crippen LogP contribution is -2.32. The van der Waals surface area contributed by atoms with Crippen molar-refractivity contribution in [3.63, 3.8) is 0 Å². The summed E-state index contributed by atoms with van der Waals surface area (Å²) in [5, 5.41) is 9.10. The topological polar surface area (TPSA) is 49.2 Å². The van der Waals surface area contributed by atoms with Gasteiger partial charge < -0.3 is 10.0 Å². The smallest absolute Gasteiger partial charge is 0.199 e. The van der Waals surface area contributed by atoms with Crippen molar-refractivity contribution in [2.45, 2.75) is 18.9 Å². The van der Waals surface area contributed by atoms with Crippen LogP contribution in [0.25, 0.3) is 0 Å². The first kappa shape index (κ1) is 8.44. The lowest BCUT2D eigenvalue weighted by atomic mass is 10.2. The molecular formula is C9H12N3O. The lowest BCUT2D eigenvalue weighted by molar-refractivity contribution is 0.266. The molecular weight excluding hydrogens is 166 g/mol. The second kappa shape index (κ2) is 3.70. The van der Waals surface area contributed by atoms with Crippen LogP contribution in [0, 0.1) is 6.33 Å². The Bertz CT molecular complexity index is 265. The van der Waals surface area contributed by atoms with Gasteiger partial charge in [-0.3, -0.25) is 0 Å². The van der Waals surface area contributed by atoms with Crippen LogP contribution in [-0.4, -0.2) is 34.3 Å². The first-order valence-corrected chi connectivity index (χ1v) is 4.48. The van der Waals surface area contributed by atoms with Crippen LogP contribution in [0.1, 0.15) is 12.8 Å². The maximum Gasteiger partial charge on any atom is 0.199 e. The summed E-state index contributed by atoms with van der Waals surface area (Å²) in [5.74, 6) is 0.867. The number of nitrogens with zero attached hydrogens (tertiary/aromatic N) is 3. The van der Waals surface area contributed by atoms with Gasteiger partial charge >= 0.3 is 0 Å². The number of aromatic nitrogens is 2. The van der Waals surface area contributed by atoms with E-state index >= 15 is 0 Å². The van der Waals surface area contributed by atoms with Crippen LogP contribution in [0.2, 0.25) is 0 Å². The molecule has 0 saturated carbocycles. The average molecular weight is 178 g/mol. The molecule has 0 aliphatic carbocycles. The van der Waals surface area contributed by atoms with E-state index in [4.69, 9.17) is 5.11 Å². The number of anilines is 1. The van der Waals surface area contributed by atoms with E-state index < -0.39 is 0 Å². The van der Waals surface area contributed by atoms with Crippen molar-refractivity contribution < 1.29 is 5.11 Å². The zero-order chi connectivity index (χ0) is 9.10. The molecule has 1 radical (unpaired) electrons. The van der Waals surface area contributed by atoms with Crippen LogP contribution in [-0.2, 0) is 0 Å². The van der Waals surface area contributed by atoms with E-state index in [1.165, 1.54) is 0 Å². The number of aliphatic hydroxyl groups is 1. The van der Waals surface area contributed by atoms with Gasteiger partial charge in [0.2, 0.25) is 0 Å². The van der Waals surface area contributed by atoms with Gasteiger partial charge in [0, 0.05) is 12.7 Å². The summed E-state index contributed by atoms with van der Waals surface area (Å²) in [4.78, 5) is 9.89. The molecule has 4 nitrogen and oxygen atoms in total. The average Bonchev–Trinajstić information content (AvgIpc) is 2.67. The van der Waals surface area contributed by atoms with Gasteiger partial charge in [-0.15, -0.1) is 0 Å². The Kier molecular flexibility index (Phi) is 2.40. The molecule has 13 heavy (non-hydrogen) atoms. The molecule has 1 atom stereocenters. The van der Waals surface area contributed by atoms with Crippen LogP contribution in [0.15, 0.2) is 12.3 Å². The van der Waals surface area contributed by atoms with Crippen molar-refractivity contribution in [1.29, 1.82) is 0 Å². The van der Waals surface area contributed by atoms with Gasteiger partial charge in [0.25, 0.3) is 0 Å². The van der Waals surface area contributed by atoms with Crippen LogP contribution < -0.4 is 4.90 Å². The predicted molar refractivity (Wildman–Crippen MR) is 48.3 cm³/mol. The van der Waals surface area contributed by atoms with Crippen molar-refractivity contribution in [3.05, 3.63) is 18.6 Å². The zero-order valence-electron chi connectivity index (χ0n) is 7.35. The minimum absolute atomic E-state index is 0.198. The molecule has 1 aliphatic heterocycles. The lowest BCUT2D eigenvalue weighted by Gasteiger charge is -2.23. The number of aliphatic hydroxyl groups excluding tert-OH is 1. The van der Waals surface area contributed by atoms with Gasteiger partial charge in [-0.25, -0.2) is 9.97 Å². The Morgan fingerprint density at radius 1 is 1.69 bits per heavy atom. The van der Waals surface area contributed by atoms with E-state index in [-0.39, 0.29) is 12.6 Å². The molecule has 0 bridgehead atoms. The number of hydrogen-bond acceptors (Lipinski definition) is 4. The van der Waals surface area contributed by atoms with Gasteiger partial charge in [-0.1, -0.05) is 0 Å². The largest absolute Gasteiger partial charge is 0.394 e. The maximum absolute atomic E-state index is 9.10. The van der Waals surface area contributed by atoms with Crippen LogP contribution in [0.5, 0.6) is 0 Å². The quantitative estimate of drug-likeness (QED) is 0.704. The summed E-state index contributed by atoms with van der Waals surface area (Å²) < 4.78 is 0. The normalized spacial score (nSPS) is 22.2. The molecule has 1 N–H and O–H groups in total. The summed E-state index contributed by atoms with van der Waals surface area (Å²) in [6, 6.07) is 2.08. The molecule has 1 unspecified atom stereocenters. The van der Waals surface area contributed by atoms with Gasteiger partial charge in [0.15, 0.2) is 6.33 Å². The molecule has 0 amide bonds. The molecule has 1 saturated heterocycles. The van der Waals surface area contributed by atoms with Crippen LogP contribution in [0.3, 0.4) is 0 Å². The molecule has 0 aromatic carbocycles. The first-order chi connectivity index (χ1) is 6.42. The summed E-state index contributed by atoms with van der Waals surface area (Å²) in [5.41, 5.74) is 0. The minimum atomic E-state index is 0.198. The maximum atomic E-state index is 9.10. The molecule has 4 heteroatoms. The minimum Gasteiger partial charge on any atom is -0.394 e. The Labute approximate surface area is 77.2 Å². The number of rotatable bonds is 2. The Hall–Kier alpha value is -1.16. The summed E-state index contributed by atoms with van der Waals surface area (Å²) >= 11 is 0. The Morgan fingerprint density at radius 2 is 2.62 bits per heavy atom. The predicted octanol–water partition coefficient (Wildman–Crippen LogP) is 0.238. The molecule has 1 aliphatic rings. The summed E-state index contributed by atoms with van der Waals surface area (Å²) in [6.45, 7) is 1.17. The summed E-state index contributed by atoms with van der Waals surface area (Å²) in [6.07, 6.45) is 6.40. The van der Waals surface area contributed by atoms with E-state index in [1.807, 2.05) is 6.07 Å². The highest BCUT2D eigenvalue weighted by Gasteiger charge is 2.24. The molecule has 2 rings (SSSR count). The molecule has 1 fully saturated rings. The van der Waals surface area contributed by atoms with Crippen molar-refractivity contribution in [3.8, 4) is 0 Å². The van der Waals surface area contributed by atoms with Gasteiger partial charge in [0.1, 0.15) is 5.82 Å². The van der Waals surface area contributed by atoms with E-state index in [1.54, 1.807) is 6.20 Å². The van der Waals surface area contributed by atoms with Crippen molar-refractivity contribution in [2.75, 3.05) is 18.1 Å². The number of hydrogen-bond donors (Lipinski definition) is 1. The van der Waals surface area contributed by atoms with E-state index in [9.17, 15) is 0 Å². The van der Waals surface area contributed by atoms with Gasteiger partial charge in [-0.2, -0.15) is 0 Å². The monoisotopic (exact) mass is 178 g/mol. The van der Waals surface area contributed by atoms with Crippen molar-refractivity contribution in [2.24, 2.45) is 0 Å². The second-order valence-electron chi connectivity index (χ2n) is 3.19. The highest BCUT2D eigenvalue weighted by Crippen LogP contribution is 2.22. The van der Waals surface area contributed by atoms with Crippen molar-refractivity contribution in [1.82, 2.24) is 9.97 Å². The molecule has 2 heterocycles. The third kappa shape index (κ3) is 1.62. The van der Waals surface area contributed by atoms with E-state index in [0.717, 1.165) is 25.2 Å². The second-order valence-corrected chi connectivity index (χ2v) is 3.19. The molecule has 1 aromatic heterocycles. The standard InChI is InChI=1S/C9H12N3O/c13-6-8-2-1-5-12(8)9-3-4-10-7-11-9/h3-4,8,13H,1-2,5-6H2. The fourth-order valence-corrected chi connectivity index (χ4v) is 1.74. The Morgan fingerprint density at radius 3 is 3.31 bits per heavy atom. The van der Waals surface area contributed by atoms with Crippen LogP contribution >= 0.6 is 0 Å². The van der Waals surface area contributed by atoms with Crippen LogP contribution in [0.4, 0.5) is 5.82 Å². The third-order valence-corrected chi connectivity index (χ3v) is 2.40. The fourth-order valence-electron chi connectivity index (χ4n) is 1.74. The SMILES string of the molecule is OCC1CCCN1c1ccn[c]n1. The molecule has 69 valence electrons. The highest BCUT2D eigenvalue weighted by atomic mass is 16.3. The fraction of sp³-hybridized carbons (Fsp3) is 0.556. The van der Waals surface area contributed by atoms with Crippen molar-refractivity contribution >= 4 is 5.82 Å². The van der Waals surface area contributed by atoms with Gasteiger partial charge in [0.05, 0.1) is 12.6 Å².